The molecule has 1 aromatic carbocycles. The topological polar surface area (TPSA) is 106 Å². The number of aromatic nitrogens is 2. The molecule has 0 fully saturated rings. The molecule has 0 saturated heterocycles. The Morgan fingerprint density at radius 2 is 2.26 bits per heavy atom. The molecule has 0 unspecified atom stereocenters. The second kappa shape index (κ2) is 8.55. The van der Waals surface area contributed by atoms with E-state index in [0.717, 1.165) is 22.3 Å². The van der Waals surface area contributed by atoms with Gasteiger partial charge in [-0.05, 0) is 35.9 Å². The average molecular weight is 414 g/mol. The monoisotopic (exact) mass is 414 g/mol. The Labute approximate surface area is 178 Å². The number of nitriles is 1. The number of nitrogens with zero attached hydrogens (tertiary/aromatic N) is 3. The van der Waals surface area contributed by atoms with Crippen LogP contribution in [-0.2, 0) is 25.6 Å². The quantitative estimate of drug-likeness (QED) is 0.375. The highest BCUT2D eigenvalue weighted by Gasteiger charge is 2.15. The second-order valence-corrected chi connectivity index (χ2v) is 6.85. The van der Waals surface area contributed by atoms with Crippen molar-refractivity contribution in [3.63, 3.8) is 0 Å². The molecule has 1 aliphatic heterocycles. The summed E-state index contributed by atoms with van der Waals surface area (Å²) in [5.74, 6) is -1.04. The molecule has 0 amide bonds. The Morgan fingerprint density at radius 3 is 3.00 bits per heavy atom. The molecule has 31 heavy (non-hydrogen) atoms. The molecular formula is C23H18N4O4. The van der Waals surface area contributed by atoms with Crippen molar-refractivity contribution >= 4 is 34.7 Å². The standard InChI is InChI=1S/C23H18N4O4/c1-30-23(29)16(11-24)9-17-13-27(22-20(17)6-3-7-25-22)12-15-4-2-5-18(8-15)26-19-10-21(28)31-14-19/h2-10,13,26H,12,14H2,1H3. The summed E-state index contributed by atoms with van der Waals surface area (Å²) < 4.78 is 11.5. The van der Waals surface area contributed by atoms with Gasteiger partial charge in [-0.3, -0.25) is 0 Å². The first-order valence-corrected chi connectivity index (χ1v) is 9.44. The zero-order valence-electron chi connectivity index (χ0n) is 16.7. The molecule has 3 heterocycles. The highest BCUT2D eigenvalue weighted by molar-refractivity contribution is 6.00. The predicted molar refractivity (Wildman–Crippen MR) is 114 cm³/mol. The van der Waals surface area contributed by atoms with Crippen LogP contribution in [0.2, 0.25) is 0 Å². The van der Waals surface area contributed by atoms with Crippen LogP contribution >= 0.6 is 0 Å². The van der Waals surface area contributed by atoms with Crippen LogP contribution in [0, 0.1) is 11.3 Å². The Hall–Kier alpha value is -4.38. The third-order valence-corrected chi connectivity index (χ3v) is 4.74. The minimum absolute atomic E-state index is 0.0850. The molecule has 1 N–H and O–H groups in total. The van der Waals surface area contributed by atoms with E-state index in [1.165, 1.54) is 19.3 Å². The SMILES string of the molecule is COC(=O)C(C#N)=Cc1cn(Cc2cccc(NC3=CC(=O)OC3)c2)c2ncccc12. The molecular weight excluding hydrogens is 396 g/mol. The second-order valence-electron chi connectivity index (χ2n) is 6.85. The predicted octanol–water partition coefficient (Wildman–Crippen LogP) is 3.02. The number of nitrogens with one attached hydrogen (secondary N) is 1. The van der Waals surface area contributed by atoms with E-state index < -0.39 is 5.97 Å². The summed E-state index contributed by atoms with van der Waals surface area (Å²) in [6.45, 7) is 0.748. The van der Waals surface area contributed by atoms with Crippen LogP contribution in [0.1, 0.15) is 11.1 Å². The smallest absolute Gasteiger partial charge is 0.348 e. The number of benzene rings is 1. The summed E-state index contributed by atoms with van der Waals surface area (Å²) in [6, 6.07) is 13.3. The van der Waals surface area contributed by atoms with Gasteiger partial charge < -0.3 is 19.4 Å². The van der Waals surface area contributed by atoms with Gasteiger partial charge in [-0.2, -0.15) is 5.26 Å². The lowest BCUT2D eigenvalue weighted by Gasteiger charge is -2.09. The van der Waals surface area contributed by atoms with Gasteiger partial charge in [-0.25, -0.2) is 14.6 Å². The Kier molecular flexibility index (Phi) is 5.49. The maximum absolute atomic E-state index is 11.8. The van der Waals surface area contributed by atoms with Crippen molar-refractivity contribution < 1.29 is 19.1 Å². The molecule has 0 aliphatic carbocycles. The van der Waals surface area contributed by atoms with Gasteiger partial charge in [-0.1, -0.05) is 12.1 Å². The van der Waals surface area contributed by atoms with E-state index in [0.29, 0.717) is 17.8 Å². The number of hydrogen-bond acceptors (Lipinski definition) is 7. The summed E-state index contributed by atoms with van der Waals surface area (Å²) in [7, 11) is 1.24. The average Bonchev–Trinajstić information content (AvgIpc) is 3.35. The van der Waals surface area contributed by atoms with E-state index in [2.05, 4.69) is 15.0 Å². The fourth-order valence-corrected chi connectivity index (χ4v) is 3.36. The summed E-state index contributed by atoms with van der Waals surface area (Å²) >= 11 is 0. The minimum atomic E-state index is -0.685. The van der Waals surface area contributed by atoms with E-state index in [1.807, 2.05) is 47.2 Å². The zero-order valence-corrected chi connectivity index (χ0v) is 16.7. The van der Waals surface area contributed by atoms with Gasteiger partial charge in [0.1, 0.15) is 23.9 Å². The maximum atomic E-state index is 11.8. The molecule has 154 valence electrons. The van der Waals surface area contributed by atoms with Gasteiger partial charge in [0.05, 0.1) is 12.8 Å². The van der Waals surface area contributed by atoms with Crippen molar-refractivity contribution in [2.24, 2.45) is 0 Å². The largest absolute Gasteiger partial charge is 0.465 e. The van der Waals surface area contributed by atoms with Crippen LogP contribution in [0.15, 0.2) is 66.1 Å². The van der Waals surface area contributed by atoms with Crippen LogP contribution in [0.3, 0.4) is 0 Å². The Bertz CT molecular complexity index is 1280. The molecule has 8 nitrogen and oxygen atoms in total. The number of fused-ring (bicyclic) bond motifs is 1. The molecule has 0 bridgehead atoms. The third-order valence-electron chi connectivity index (χ3n) is 4.74. The lowest BCUT2D eigenvalue weighted by Crippen LogP contribution is -2.03. The number of methoxy groups -OCH3 is 1. The molecule has 0 spiro atoms. The Morgan fingerprint density at radius 1 is 1.39 bits per heavy atom. The maximum Gasteiger partial charge on any atom is 0.348 e. The van der Waals surface area contributed by atoms with Gasteiger partial charge in [0, 0.05) is 41.7 Å². The normalized spacial score (nSPS) is 13.5. The molecule has 2 aromatic heterocycles. The summed E-state index contributed by atoms with van der Waals surface area (Å²) in [4.78, 5) is 27.5. The zero-order chi connectivity index (χ0) is 21.8. The number of ether oxygens (including phenoxy) is 2. The molecule has 4 rings (SSSR count). The van der Waals surface area contributed by atoms with Crippen LogP contribution in [0.5, 0.6) is 0 Å². The highest BCUT2D eigenvalue weighted by atomic mass is 16.5. The number of carbonyl (C=O) groups is 2. The molecule has 0 radical (unpaired) electrons. The van der Waals surface area contributed by atoms with Crippen LogP contribution < -0.4 is 5.32 Å². The molecule has 3 aromatic rings. The van der Waals surface area contributed by atoms with E-state index in [9.17, 15) is 14.9 Å². The molecule has 0 atom stereocenters. The van der Waals surface area contributed by atoms with E-state index >= 15 is 0 Å². The number of pyridine rings is 1. The number of esters is 2. The summed E-state index contributed by atoms with van der Waals surface area (Å²) in [6.07, 6.45) is 6.49. The van der Waals surface area contributed by atoms with Gasteiger partial charge >= 0.3 is 11.9 Å². The lowest BCUT2D eigenvalue weighted by molar-refractivity contribution is -0.136. The van der Waals surface area contributed by atoms with E-state index in [1.54, 1.807) is 12.3 Å². The van der Waals surface area contributed by atoms with Crippen LogP contribution in [0.4, 0.5) is 5.69 Å². The van der Waals surface area contributed by atoms with E-state index in [4.69, 9.17) is 4.74 Å². The number of anilines is 1. The summed E-state index contributed by atoms with van der Waals surface area (Å²) in [5.41, 5.74) is 3.89. The van der Waals surface area contributed by atoms with Crippen LogP contribution in [0.25, 0.3) is 17.1 Å². The molecule has 8 heteroatoms. The number of rotatable bonds is 6. The first-order chi connectivity index (χ1) is 15.1. The van der Waals surface area contributed by atoms with Gasteiger partial charge in [0.2, 0.25) is 0 Å². The van der Waals surface area contributed by atoms with Crippen molar-refractivity contribution in [2.45, 2.75) is 6.54 Å². The highest BCUT2D eigenvalue weighted by Crippen LogP contribution is 2.24. The lowest BCUT2D eigenvalue weighted by atomic mass is 10.1. The summed E-state index contributed by atoms with van der Waals surface area (Å²) in [5, 5.41) is 13.3. The number of carbonyl (C=O) groups excluding carboxylic acids is 2. The van der Waals surface area contributed by atoms with Crippen molar-refractivity contribution in [2.75, 3.05) is 19.0 Å². The third kappa shape index (κ3) is 4.31. The molecule has 1 aliphatic rings. The minimum Gasteiger partial charge on any atom is -0.465 e. The van der Waals surface area contributed by atoms with Gasteiger partial charge in [0.15, 0.2) is 0 Å². The van der Waals surface area contributed by atoms with Crippen molar-refractivity contribution in [3.8, 4) is 6.07 Å². The van der Waals surface area contributed by atoms with Crippen LogP contribution in [-0.4, -0.2) is 35.2 Å². The molecule has 0 saturated carbocycles. The fraction of sp³-hybridized carbons (Fsp3) is 0.130. The van der Waals surface area contributed by atoms with E-state index in [-0.39, 0.29) is 18.1 Å². The number of hydrogen-bond donors (Lipinski definition) is 1. The van der Waals surface area contributed by atoms with Crippen molar-refractivity contribution in [1.82, 2.24) is 9.55 Å². The van der Waals surface area contributed by atoms with Crippen molar-refractivity contribution in [1.29, 1.82) is 5.26 Å². The first-order valence-electron chi connectivity index (χ1n) is 9.44. The fourth-order valence-electron chi connectivity index (χ4n) is 3.36. The van der Waals surface area contributed by atoms with Gasteiger partial charge in [-0.15, -0.1) is 0 Å². The Balaban J connectivity index is 1.65. The first kappa shape index (κ1) is 19.9. The number of cyclic esters (lactones) is 1. The van der Waals surface area contributed by atoms with Gasteiger partial charge in [0.25, 0.3) is 0 Å². The van der Waals surface area contributed by atoms with Crippen molar-refractivity contribution in [3.05, 3.63) is 77.3 Å².